The van der Waals surface area contributed by atoms with Crippen molar-refractivity contribution < 1.29 is 14.0 Å². The Morgan fingerprint density at radius 1 is 1.42 bits per heavy atom. The van der Waals surface area contributed by atoms with Gasteiger partial charge in [-0.2, -0.15) is 0 Å². The van der Waals surface area contributed by atoms with Crippen LogP contribution >= 0.6 is 11.3 Å². The van der Waals surface area contributed by atoms with Crippen LogP contribution in [0.25, 0.3) is 10.6 Å². The third-order valence-electron chi connectivity index (χ3n) is 3.99. The summed E-state index contributed by atoms with van der Waals surface area (Å²) in [6.45, 7) is 3.78. The standard InChI is InChI=1S/C17H18FN3O2S/c1-9(19-16(23)13-7-8-14(22)21-13)15-10(2)20-17(24-15)11-3-5-12(18)6-4-11/h3-6,9,13H,7-8H2,1-2H3,(H,19,23)(H,21,22)/t9-,13+/m0/s1. The first-order valence-electron chi connectivity index (χ1n) is 7.77. The van der Waals surface area contributed by atoms with E-state index in [2.05, 4.69) is 15.6 Å². The molecule has 7 heteroatoms. The van der Waals surface area contributed by atoms with Crippen molar-refractivity contribution in [2.24, 2.45) is 0 Å². The number of amides is 2. The number of thiazole rings is 1. The van der Waals surface area contributed by atoms with E-state index in [1.54, 1.807) is 12.1 Å². The Morgan fingerprint density at radius 3 is 2.75 bits per heavy atom. The number of nitrogens with one attached hydrogen (secondary N) is 2. The minimum atomic E-state index is -0.454. The van der Waals surface area contributed by atoms with Crippen molar-refractivity contribution in [3.05, 3.63) is 40.7 Å². The molecule has 0 saturated carbocycles. The van der Waals surface area contributed by atoms with Crippen LogP contribution < -0.4 is 10.6 Å². The molecule has 1 aliphatic heterocycles. The molecule has 24 heavy (non-hydrogen) atoms. The number of hydrogen-bond donors (Lipinski definition) is 2. The van der Waals surface area contributed by atoms with Crippen molar-refractivity contribution in [3.8, 4) is 10.6 Å². The molecule has 3 rings (SSSR count). The van der Waals surface area contributed by atoms with Gasteiger partial charge in [0.15, 0.2) is 0 Å². The number of carbonyl (C=O) groups excluding carboxylic acids is 2. The summed E-state index contributed by atoms with van der Waals surface area (Å²) in [7, 11) is 0. The Labute approximate surface area is 143 Å². The van der Waals surface area contributed by atoms with Crippen LogP contribution in [0, 0.1) is 12.7 Å². The quantitative estimate of drug-likeness (QED) is 0.893. The molecule has 0 radical (unpaired) electrons. The summed E-state index contributed by atoms with van der Waals surface area (Å²) >= 11 is 1.48. The second-order valence-electron chi connectivity index (χ2n) is 5.86. The summed E-state index contributed by atoms with van der Waals surface area (Å²) in [6.07, 6.45) is 0.917. The first-order chi connectivity index (χ1) is 11.4. The van der Waals surface area contributed by atoms with E-state index in [4.69, 9.17) is 0 Å². The van der Waals surface area contributed by atoms with Crippen LogP contribution in [-0.4, -0.2) is 22.8 Å². The summed E-state index contributed by atoms with van der Waals surface area (Å²) in [5, 5.41) is 6.38. The van der Waals surface area contributed by atoms with Gasteiger partial charge < -0.3 is 10.6 Å². The van der Waals surface area contributed by atoms with Gasteiger partial charge in [-0.3, -0.25) is 9.59 Å². The van der Waals surface area contributed by atoms with Gasteiger partial charge in [0, 0.05) is 12.0 Å². The van der Waals surface area contributed by atoms with Gasteiger partial charge in [-0.05, 0) is 44.5 Å². The maximum Gasteiger partial charge on any atom is 0.243 e. The molecule has 1 saturated heterocycles. The highest BCUT2D eigenvalue weighted by molar-refractivity contribution is 7.15. The van der Waals surface area contributed by atoms with Crippen LogP contribution in [-0.2, 0) is 9.59 Å². The molecule has 2 heterocycles. The highest BCUT2D eigenvalue weighted by atomic mass is 32.1. The number of hydrogen-bond acceptors (Lipinski definition) is 4. The van der Waals surface area contributed by atoms with Gasteiger partial charge >= 0.3 is 0 Å². The number of carbonyl (C=O) groups is 2. The van der Waals surface area contributed by atoms with Crippen molar-refractivity contribution >= 4 is 23.2 Å². The van der Waals surface area contributed by atoms with Gasteiger partial charge in [0.25, 0.3) is 0 Å². The minimum Gasteiger partial charge on any atom is -0.347 e. The molecule has 0 bridgehead atoms. The third kappa shape index (κ3) is 3.46. The maximum absolute atomic E-state index is 13.0. The topological polar surface area (TPSA) is 71.1 Å². The highest BCUT2D eigenvalue weighted by Gasteiger charge is 2.28. The van der Waals surface area contributed by atoms with Crippen molar-refractivity contribution in [3.63, 3.8) is 0 Å². The molecule has 0 unspecified atom stereocenters. The average Bonchev–Trinajstić information content (AvgIpc) is 3.14. The number of benzene rings is 1. The molecule has 1 aromatic carbocycles. The molecular weight excluding hydrogens is 329 g/mol. The largest absolute Gasteiger partial charge is 0.347 e. The average molecular weight is 347 g/mol. The Hall–Kier alpha value is -2.28. The van der Waals surface area contributed by atoms with Crippen molar-refractivity contribution in [2.75, 3.05) is 0 Å². The van der Waals surface area contributed by atoms with Gasteiger partial charge in [0.1, 0.15) is 16.9 Å². The molecule has 1 aromatic heterocycles. The zero-order valence-corrected chi connectivity index (χ0v) is 14.2. The lowest BCUT2D eigenvalue weighted by Gasteiger charge is -2.16. The van der Waals surface area contributed by atoms with Crippen molar-refractivity contribution in [1.29, 1.82) is 0 Å². The van der Waals surface area contributed by atoms with Crippen LogP contribution in [0.3, 0.4) is 0 Å². The molecule has 5 nitrogen and oxygen atoms in total. The van der Waals surface area contributed by atoms with Gasteiger partial charge in [-0.1, -0.05) is 0 Å². The fraction of sp³-hybridized carbons (Fsp3) is 0.353. The van der Waals surface area contributed by atoms with E-state index < -0.39 is 6.04 Å². The van der Waals surface area contributed by atoms with E-state index in [1.807, 2.05) is 13.8 Å². The van der Waals surface area contributed by atoms with Gasteiger partial charge in [0.2, 0.25) is 11.8 Å². The molecule has 2 N–H and O–H groups in total. The van der Waals surface area contributed by atoms with Crippen molar-refractivity contribution in [2.45, 2.75) is 38.8 Å². The van der Waals surface area contributed by atoms with E-state index in [1.165, 1.54) is 23.5 Å². The summed E-state index contributed by atoms with van der Waals surface area (Å²) in [5.41, 5.74) is 1.68. The Morgan fingerprint density at radius 2 is 2.12 bits per heavy atom. The van der Waals surface area contributed by atoms with Crippen LogP contribution in [0.15, 0.2) is 24.3 Å². The van der Waals surface area contributed by atoms with Crippen LogP contribution in [0.2, 0.25) is 0 Å². The fourth-order valence-electron chi connectivity index (χ4n) is 2.72. The molecule has 2 aromatic rings. The second-order valence-corrected chi connectivity index (χ2v) is 6.90. The van der Waals surface area contributed by atoms with E-state index >= 15 is 0 Å². The predicted octanol–water partition coefficient (Wildman–Crippen LogP) is 2.71. The van der Waals surface area contributed by atoms with Crippen LogP contribution in [0.5, 0.6) is 0 Å². The van der Waals surface area contributed by atoms with Gasteiger partial charge in [0.05, 0.1) is 16.6 Å². The lowest BCUT2D eigenvalue weighted by atomic mass is 10.2. The zero-order valence-electron chi connectivity index (χ0n) is 13.4. The number of aromatic nitrogens is 1. The lowest BCUT2D eigenvalue weighted by Crippen LogP contribution is -2.42. The second kappa shape index (κ2) is 6.68. The normalized spacial score (nSPS) is 18.3. The highest BCUT2D eigenvalue weighted by Crippen LogP contribution is 2.32. The van der Waals surface area contributed by atoms with Crippen LogP contribution in [0.1, 0.15) is 36.4 Å². The van der Waals surface area contributed by atoms with E-state index in [-0.39, 0.29) is 23.7 Å². The zero-order chi connectivity index (χ0) is 17.3. The Kier molecular flexibility index (Phi) is 4.62. The monoisotopic (exact) mass is 347 g/mol. The smallest absolute Gasteiger partial charge is 0.243 e. The Bertz CT molecular complexity index is 773. The third-order valence-corrected chi connectivity index (χ3v) is 5.38. The van der Waals surface area contributed by atoms with E-state index in [0.717, 1.165) is 21.1 Å². The van der Waals surface area contributed by atoms with Crippen LogP contribution in [0.4, 0.5) is 4.39 Å². The molecule has 126 valence electrons. The predicted molar refractivity (Wildman–Crippen MR) is 90.0 cm³/mol. The summed E-state index contributed by atoms with van der Waals surface area (Å²) in [6, 6.07) is 5.52. The summed E-state index contributed by atoms with van der Waals surface area (Å²) in [4.78, 5) is 28.9. The fourth-order valence-corrected chi connectivity index (χ4v) is 3.79. The maximum atomic E-state index is 13.0. The molecule has 2 atom stereocenters. The number of halogens is 1. The summed E-state index contributed by atoms with van der Waals surface area (Å²) < 4.78 is 13.0. The summed E-state index contributed by atoms with van der Waals surface area (Å²) in [5.74, 6) is -0.550. The molecule has 2 amide bonds. The molecule has 1 aliphatic rings. The number of aryl methyl sites for hydroxylation is 1. The first kappa shape index (κ1) is 16.6. The SMILES string of the molecule is Cc1nc(-c2ccc(F)cc2)sc1[C@H](C)NC(=O)[C@H]1CCC(=O)N1. The Balaban J connectivity index is 1.73. The molecule has 1 fully saturated rings. The molecular formula is C17H18FN3O2S. The molecule has 0 aliphatic carbocycles. The number of nitrogens with zero attached hydrogens (tertiary/aromatic N) is 1. The number of rotatable bonds is 4. The van der Waals surface area contributed by atoms with Crippen molar-refractivity contribution in [1.82, 2.24) is 15.6 Å². The lowest BCUT2D eigenvalue weighted by molar-refractivity contribution is -0.126. The van der Waals surface area contributed by atoms with Gasteiger partial charge in [-0.15, -0.1) is 11.3 Å². The van der Waals surface area contributed by atoms with Gasteiger partial charge in [-0.25, -0.2) is 9.37 Å². The minimum absolute atomic E-state index is 0.0876. The molecule has 0 spiro atoms. The first-order valence-corrected chi connectivity index (χ1v) is 8.58. The van der Waals surface area contributed by atoms with E-state index in [9.17, 15) is 14.0 Å². The van der Waals surface area contributed by atoms with E-state index in [0.29, 0.717) is 12.8 Å².